The summed E-state index contributed by atoms with van der Waals surface area (Å²) in [6, 6.07) is 1.57. The number of rotatable bonds is 2. The highest BCUT2D eigenvalue weighted by Gasteiger charge is 2.01. The first-order valence-electron chi connectivity index (χ1n) is 3.72. The second-order valence-electron chi connectivity index (χ2n) is 2.64. The molecule has 0 aliphatic heterocycles. The minimum atomic E-state index is -0.316. The summed E-state index contributed by atoms with van der Waals surface area (Å²) in [4.78, 5) is 16.6. The number of aliphatic imine (C=N–C) groups is 1. The van der Waals surface area contributed by atoms with Gasteiger partial charge in [-0.05, 0) is 6.07 Å². The van der Waals surface area contributed by atoms with Crippen molar-refractivity contribution in [3.8, 4) is 0 Å². The third kappa shape index (κ3) is 2.98. The summed E-state index contributed by atoms with van der Waals surface area (Å²) in [5.74, 6) is -0.316. The van der Waals surface area contributed by atoms with E-state index < -0.39 is 0 Å². The van der Waals surface area contributed by atoms with E-state index in [1.165, 1.54) is 18.7 Å². The standard InChI is InChI=1S/C8H10N4O/c1-12(2)6-9-8(13)7-3-4-10-11-5-7/h3-6H,1-2H3. The smallest absolute Gasteiger partial charge is 0.280 e. The molecule has 0 atom stereocenters. The van der Waals surface area contributed by atoms with Gasteiger partial charge in [0.15, 0.2) is 0 Å². The van der Waals surface area contributed by atoms with Crippen LogP contribution >= 0.6 is 0 Å². The summed E-state index contributed by atoms with van der Waals surface area (Å²) in [7, 11) is 3.59. The second kappa shape index (κ2) is 4.30. The third-order valence-corrected chi connectivity index (χ3v) is 1.24. The van der Waals surface area contributed by atoms with E-state index in [2.05, 4.69) is 15.2 Å². The van der Waals surface area contributed by atoms with Gasteiger partial charge in [-0.3, -0.25) is 4.79 Å². The topological polar surface area (TPSA) is 58.5 Å². The molecule has 0 aliphatic carbocycles. The highest BCUT2D eigenvalue weighted by atomic mass is 16.1. The minimum absolute atomic E-state index is 0.316. The summed E-state index contributed by atoms with van der Waals surface area (Å²) in [5, 5.41) is 7.13. The van der Waals surface area contributed by atoms with Crippen molar-refractivity contribution in [3.05, 3.63) is 24.0 Å². The lowest BCUT2D eigenvalue weighted by Crippen LogP contribution is -2.09. The zero-order chi connectivity index (χ0) is 9.68. The van der Waals surface area contributed by atoms with Gasteiger partial charge in [0.2, 0.25) is 0 Å². The van der Waals surface area contributed by atoms with Crippen LogP contribution in [0.4, 0.5) is 0 Å². The number of hydrogen-bond acceptors (Lipinski definition) is 3. The van der Waals surface area contributed by atoms with Gasteiger partial charge in [-0.1, -0.05) is 0 Å². The van der Waals surface area contributed by atoms with Crippen molar-refractivity contribution < 1.29 is 4.79 Å². The molecular formula is C8H10N4O. The molecule has 5 nitrogen and oxygen atoms in total. The predicted octanol–water partition coefficient (Wildman–Crippen LogP) is 0.207. The maximum absolute atomic E-state index is 11.3. The van der Waals surface area contributed by atoms with Gasteiger partial charge in [0.25, 0.3) is 5.91 Å². The lowest BCUT2D eigenvalue weighted by molar-refractivity contribution is 0.100. The molecule has 1 amide bonds. The Bertz CT molecular complexity index is 307. The van der Waals surface area contributed by atoms with Gasteiger partial charge in [-0.25, -0.2) is 0 Å². The van der Waals surface area contributed by atoms with Gasteiger partial charge < -0.3 is 4.90 Å². The SMILES string of the molecule is CN(C)C=NC(=O)c1ccnnc1. The van der Waals surface area contributed by atoms with Crippen molar-refractivity contribution in [1.82, 2.24) is 15.1 Å². The molecule has 0 bridgehead atoms. The van der Waals surface area contributed by atoms with Crippen LogP contribution in [0.2, 0.25) is 0 Å². The van der Waals surface area contributed by atoms with Gasteiger partial charge in [0.1, 0.15) is 0 Å². The average molecular weight is 178 g/mol. The monoisotopic (exact) mass is 178 g/mol. The Balaban J connectivity index is 2.70. The van der Waals surface area contributed by atoms with E-state index in [1.54, 1.807) is 25.1 Å². The molecule has 0 saturated carbocycles. The van der Waals surface area contributed by atoms with Crippen molar-refractivity contribution in [2.75, 3.05) is 14.1 Å². The molecule has 5 heteroatoms. The van der Waals surface area contributed by atoms with Crippen molar-refractivity contribution in [2.45, 2.75) is 0 Å². The molecular weight excluding hydrogens is 168 g/mol. The van der Waals surface area contributed by atoms with Crippen LogP contribution in [0.5, 0.6) is 0 Å². The third-order valence-electron chi connectivity index (χ3n) is 1.24. The minimum Gasteiger partial charge on any atom is -0.369 e. The number of carbonyl (C=O) groups is 1. The first-order valence-corrected chi connectivity index (χ1v) is 3.72. The summed E-state index contributed by atoms with van der Waals surface area (Å²) >= 11 is 0. The molecule has 68 valence electrons. The van der Waals surface area contributed by atoms with Crippen LogP contribution in [0.25, 0.3) is 0 Å². The fraction of sp³-hybridized carbons (Fsp3) is 0.250. The lowest BCUT2D eigenvalue weighted by atomic mass is 10.3. The number of carbonyl (C=O) groups excluding carboxylic acids is 1. The van der Waals surface area contributed by atoms with E-state index in [1.807, 2.05) is 0 Å². The van der Waals surface area contributed by atoms with Gasteiger partial charge in [0.05, 0.1) is 24.3 Å². The predicted molar refractivity (Wildman–Crippen MR) is 48.5 cm³/mol. The van der Waals surface area contributed by atoms with Gasteiger partial charge >= 0.3 is 0 Å². The molecule has 1 aromatic rings. The quantitative estimate of drug-likeness (QED) is 0.479. The average Bonchev–Trinajstić information content (AvgIpc) is 2.15. The molecule has 1 rings (SSSR count). The highest BCUT2D eigenvalue weighted by Crippen LogP contribution is 1.95. The van der Waals surface area contributed by atoms with Crippen molar-refractivity contribution in [1.29, 1.82) is 0 Å². The first-order chi connectivity index (χ1) is 6.20. The second-order valence-corrected chi connectivity index (χ2v) is 2.64. The Kier molecular flexibility index (Phi) is 3.08. The van der Waals surface area contributed by atoms with E-state index in [0.29, 0.717) is 5.56 Å². The number of hydrogen-bond donors (Lipinski definition) is 0. The van der Waals surface area contributed by atoms with Crippen molar-refractivity contribution in [3.63, 3.8) is 0 Å². The summed E-state index contributed by atoms with van der Waals surface area (Å²) < 4.78 is 0. The molecule has 0 fully saturated rings. The molecule has 1 aromatic heterocycles. The molecule has 1 heterocycles. The van der Waals surface area contributed by atoms with Crippen LogP contribution in [0, 0.1) is 0 Å². The van der Waals surface area contributed by atoms with Crippen LogP contribution in [0.1, 0.15) is 10.4 Å². The molecule has 0 N–H and O–H groups in total. The molecule has 0 spiro atoms. The van der Waals surface area contributed by atoms with Crippen LogP contribution in [-0.4, -0.2) is 41.4 Å². The van der Waals surface area contributed by atoms with Crippen LogP contribution in [0.3, 0.4) is 0 Å². The van der Waals surface area contributed by atoms with Gasteiger partial charge in [-0.2, -0.15) is 15.2 Å². The van der Waals surface area contributed by atoms with E-state index in [9.17, 15) is 4.79 Å². The molecule has 13 heavy (non-hydrogen) atoms. The van der Waals surface area contributed by atoms with Crippen LogP contribution in [-0.2, 0) is 0 Å². The van der Waals surface area contributed by atoms with Crippen molar-refractivity contribution >= 4 is 12.2 Å². The fourth-order valence-corrected chi connectivity index (χ4v) is 0.660. The fourth-order valence-electron chi connectivity index (χ4n) is 0.660. The summed E-state index contributed by atoms with van der Waals surface area (Å²) in [6.07, 6.45) is 4.29. The van der Waals surface area contributed by atoms with Crippen molar-refractivity contribution in [2.24, 2.45) is 4.99 Å². The van der Waals surface area contributed by atoms with Crippen LogP contribution in [0.15, 0.2) is 23.5 Å². The normalized spacial score (nSPS) is 10.3. The van der Waals surface area contributed by atoms with E-state index in [-0.39, 0.29) is 5.91 Å². The number of nitrogens with zero attached hydrogens (tertiary/aromatic N) is 4. The highest BCUT2D eigenvalue weighted by molar-refractivity contribution is 5.98. The maximum Gasteiger partial charge on any atom is 0.280 e. The Morgan fingerprint density at radius 2 is 2.31 bits per heavy atom. The summed E-state index contributed by atoms with van der Waals surface area (Å²) in [6.45, 7) is 0. The molecule has 0 radical (unpaired) electrons. The Labute approximate surface area is 76.1 Å². The Hall–Kier alpha value is -1.78. The summed E-state index contributed by atoms with van der Waals surface area (Å²) in [5.41, 5.74) is 0.438. The molecule has 0 aromatic carbocycles. The number of aromatic nitrogens is 2. The lowest BCUT2D eigenvalue weighted by Gasteiger charge is -2.00. The zero-order valence-corrected chi connectivity index (χ0v) is 7.51. The van der Waals surface area contributed by atoms with Gasteiger partial charge in [-0.15, -0.1) is 0 Å². The van der Waals surface area contributed by atoms with Crippen LogP contribution < -0.4 is 0 Å². The molecule has 0 aliphatic rings. The number of amides is 1. The Morgan fingerprint density at radius 3 is 2.85 bits per heavy atom. The van der Waals surface area contributed by atoms with E-state index >= 15 is 0 Å². The van der Waals surface area contributed by atoms with Gasteiger partial charge in [0, 0.05) is 14.1 Å². The van der Waals surface area contributed by atoms with E-state index in [4.69, 9.17) is 0 Å². The van der Waals surface area contributed by atoms with E-state index in [0.717, 1.165) is 0 Å². The maximum atomic E-state index is 11.3. The molecule has 0 unspecified atom stereocenters. The zero-order valence-electron chi connectivity index (χ0n) is 7.51. The first kappa shape index (κ1) is 9.31. The molecule has 0 saturated heterocycles. The largest absolute Gasteiger partial charge is 0.369 e. The Morgan fingerprint density at radius 1 is 1.54 bits per heavy atom.